The summed E-state index contributed by atoms with van der Waals surface area (Å²) in [7, 11) is 0. The second-order valence-electron chi connectivity index (χ2n) is 7.19. The molecular weight excluding hydrogens is 470 g/mol. The van der Waals surface area contributed by atoms with Crippen LogP contribution in [0.5, 0.6) is 5.75 Å². The van der Waals surface area contributed by atoms with Crippen molar-refractivity contribution in [1.29, 1.82) is 0 Å². The van der Waals surface area contributed by atoms with Crippen LogP contribution in [0.4, 0.5) is 24.5 Å². The predicted molar refractivity (Wildman–Crippen MR) is 117 cm³/mol. The average molecular weight is 490 g/mol. The molecule has 6 nitrogen and oxygen atoms in total. The van der Waals surface area contributed by atoms with Crippen LogP contribution in [0.3, 0.4) is 0 Å². The highest BCUT2D eigenvalue weighted by molar-refractivity contribution is 6.31. The SMILES string of the molecule is Cc1cc(Cl)ccc1OCC(=O)Nc1cc(Cl)ccc1N1CCN(C(=O)C(F)(F)F)CC1. The molecule has 1 aliphatic rings. The summed E-state index contributed by atoms with van der Waals surface area (Å²) in [4.78, 5) is 26.5. The van der Waals surface area contributed by atoms with E-state index in [-0.39, 0.29) is 32.8 Å². The van der Waals surface area contributed by atoms with Gasteiger partial charge in [0.1, 0.15) is 5.75 Å². The maximum Gasteiger partial charge on any atom is 0.471 e. The van der Waals surface area contributed by atoms with Gasteiger partial charge in [-0.3, -0.25) is 9.59 Å². The fourth-order valence-corrected chi connectivity index (χ4v) is 3.72. The van der Waals surface area contributed by atoms with Crippen LogP contribution in [0.15, 0.2) is 36.4 Å². The molecular formula is C21H20Cl2F3N3O3. The largest absolute Gasteiger partial charge is 0.483 e. The Labute approximate surface area is 192 Å². The van der Waals surface area contributed by atoms with Crippen LogP contribution in [0.2, 0.25) is 10.0 Å². The molecule has 1 fully saturated rings. The summed E-state index contributed by atoms with van der Waals surface area (Å²) >= 11 is 12.0. The number of nitrogens with zero attached hydrogens (tertiary/aromatic N) is 2. The van der Waals surface area contributed by atoms with Gasteiger partial charge >= 0.3 is 12.1 Å². The number of hydrogen-bond acceptors (Lipinski definition) is 4. The number of carbonyl (C=O) groups excluding carboxylic acids is 2. The van der Waals surface area contributed by atoms with Gasteiger partial charge in [-0.1, -0.05) is 23.2 Å². The third-order valence-corrected chi connectivity index (χ3v) is 5.35. The number of halogens is 5. The van der Waals surface area contributed by atoms with Crippen molar-refractivity contribution >= 4 is 46.4 Å². The highest BCUT2D eigenvalue weighted by Gasteiger charge is 2.43. The number of rotatable bonds is 5. The van der Waals surface area contributed by atoms with Crippen LogP contribution in [0.25, 0.3) is 0 Å². The van der Waals surface area contributed by atoms with Crippen LogP contribution >= 0.6 is 23.2 Å². The Morgan fingerprint density at radius 1 is 1.03 bits per heavy atom. The fraction of sp³-hybridized carbons (Fsp3) is 0.333. The highest BCUT2D eigenvalue weighted by atomic mass is 35.5. The Balaban J connectivity index is 1.65. The van der Waals surface area contributed by atoms with E-state index in [9.17, 15) is 22.8 Å². The summed E-state index contributed by atoms with van der Waals surface area (Å²) in [5.74, 6) is -1.77. The first kappa shape index (κ1) is 24.0. The molecule has 0 saturated carbocycles. The van der Waals surface area contributed by atoms with Crippen LogP contribution in [-0.2, 0) is 9.59 Å². The quantitative estimate of drug-likeness (QED) is 0.670. The third-order valence-electron chi connectivity index (χ3n) is 4.88. The van der Waals surface area contributed by atoms with Gasteiger partial charge in [0, 0.05) is 36.2 Å². The summed E-state index contributed by atoms with van der Waals surface area (Å²) in [6, 6.07) is 9.87. The minimum Gasteiger partial charge on any atom is -0.483 e. The second kappa shape index (κ2) is 9.87. The van der Waals surface area contributed by atoms with Gasteiger partial charge in [0.05, 0.1) is 11.4 Å². The number of piperazine rings is 1. The number of carbonyl (C=O) groups is 2. The summed E-state index contributed by atoms with van der Waals surface area (Å²) < 4.78 is 43.5. The van der Waals surface area contributed by atoms with Crippen LogP contribution in [-0.4, -0.2) is 55.7 Å². The second-order valence-corrected chi connectivity index (χ2v) is 8.06. The Morgan fingerprint density at radius 3 is 2.28 bits per heavy atom. The van der Waals surface area contributed by atoms with Crippen molar-refractivity contribution in [2.24, 2.45) is 0 Å². The first-order valence-electron chi connectivity index (χ1n) is 9.64. The average Bonchev–Trinajstić information content (AvgIpc) is 2.72. The minimum atomic E-state index is -4.90. The third kappa shape index (κ3) is 5.98. The summed E-state index contributed by atoms with van der Waals surface area (Å²) in [6.07, 6.45) is -4.90. The topological polar surface area (TPSA) is 61.9 Å². The van der Waals surface area contributed by atoms with Crippen molar-refractivity contribution in [3.63, 3.8) is 0 Å². The lowest BCUT2D eigenvalue weighted by Gasteiger charge is -2.37. The highest BCUT2D eigenvalue weighted by Crippen LogP contribution is 2.31. The number of amides is 2. The van der Waals surface area contributed by atoms with Crippen molar-refractivity contribution in [3.05, 3.63) is 52.0 Å². The standard InChI is InChI=1S/C21H20Cl2F3N3O3/c1-13-10-14(22)3-5-18(13)32-12-19(30)27-16-11-15(23)2-4-17(16)28-6-8-29(9-7-28)20(31)21(24,25)26/h2-5,10-11H,6-9,12H2,1H3,(H,27,30). The molecule has 0 aliphatic carbocycles. The molecule has 1 aliphatic heterocycles. The van der Waals surface area contributed by atoms with E-state index in [1.807, 2.05) is 0 Å². The fourth-order valence-electron chi connectivity index (χ4n) is 3.32. The van der Waals surface area contributed by atoms with Crippen LogP contribution < -0.4 is 15.0 Å². The number of benzene rings is 2. The molecule has 0 bridgehead atoms. The van der Waals surface area contributed by atoms with E-state index in [4.69, 9.17) is 27.9 Å². The monoisotopic (exact) mass is 489 g/mol. The number of alkyl halides is 3. The van der Waals surface area contributed by atoms with Gasteiger partial charge in [0.25, 0.3) is 5.91 Å². The number of hydrogen-bond donors (Lipinski definition) is 1. The van der Waals surface area contributed by atoms with E-state index in [0.29, 0.717) is 27.2 Å². The van der Waals surface area contributed by atoms with Crippen molar-refractivity contribution in [1.82, 2.24) is 4.90 Å². The van der Waals surface area contributed by atoms with Gasteiger partial charge < -0.3 is 19.9 Å². The number of ether oxygens (including phenoxy) is 1. The van der Waals surface area contributed by atoms with Gasteiger partial charge in [0.2, 0.25) is 0 Å². The number of anilines is 2. The van der Waals surface area contributed by atoms with Crippen molar-refractivity contribution < 1.29 is 27.5 Å². The molecule has 0 radical (unpaired) electrons. The molecule has 1 N–H and O–H groups in total. The van der Waals surface area contributed by atoms with Gasteiger partial charge in [-0.15, -0.1) is 0 Å². The molecule has 2 amide bonds. The molecule has 0 atom stereocenters. The molecule has 11 heteroatoms. The smallest absolute Gasteiger partial charge is 0.471 e. The maximum atomic E-state index is 12.7. The predicted octanol–water partition coefficient (Wildman–Crippen LogP) is 4.53. The first-order chi connectivity index (χ1) is 15.0. The number of aryl methyl sites for hydroxylation is 1. The Morgan fingerprint density at radius 2 is 1.66 bits per heavy atom. The molecule has 1 heterocycles. The van der Waals surface area contributed by atoms with E-state index in [1.165, 1.54) is 0 Å². The van der Waals surface area contributed by atoms with Crippen LogP contribution in [0.1, 0.15) is 5.56 Å². The van der Waals surface area contributed by atoms with Crippen LogP contribution in [0, 0.1) is 6.92 Å². The zero-order valence-electron chi connectivity index (χ0n) is 17.0. The molecule has 0 unspecified atom stereocenters. The Bertz CT molecular complexity index is 1010. The van der Waals surface area contributed by atoms with Crippen molar-refractivity contribution in [2.75, 3.05) is 43.0 Å². The van der Waals surface area contributed by atoms with Gasteiger partial charge in [0.15, 0.2) is 6.61 Å². The first-order valence-corrected chi connectivity index (χ1v) is 10.4. The zero-order valence-corrected chi connectivity index (χ0v) is 18.5. The molecule has 2 aromatic carbocycles. The van der Waals surface area contributed by atoms with Gasteiger partial charge in [-0.2, -0.15) is 13.2 Å². The summed E-state index contributed by atoms with van der Waals surface area (Å²) in [5, 5.41) is 3.67. The molecule has 3 rings (SSSR count). The summed E-state index contributed by atoms with van der Waals surface area (Å²) in [5.41, 5.74) is 1.76. The molecule has 0 spiro atoms. The van der Waals surface area contributed by atoms with E-state index in [2.05, 4.69) is 5.32 Å². The lowest BCUT2D eigenvalue weighted by Crippen LogP contribution is -2.52. The summed E-state index contributed by atoms with van der Waals surface area (Å²) in [6.45, 7) is 1.71. The lowest BCUT2D eigenvalue weighted by molar-refractivity contribution is -0.185. The molecule has 1 saturated heterocycles. The molecule has 32 heavy (non-hydrogen) atoms. The number of nitrogens with one attached hydrogen (secondary N) is 1. The Hall–Kier alpha value is -2.65. The van der Waals surface area contributed by atoms with E-state index in [1.54, 1.807) is 48.2 Å². The van der Waals surface area contributed by atoms with E-state index >= 15 is 0 Å². The Kier molecular flexibility index (Phi) is 7.40. The van der Waals surface area contributed by atoms with E-state index in [0.717, 1.165) is 10.5 Å². The van der Waals surface area contributed by atoms with Gasteiger partial charge in [-0.25, -0.2) is 0 Å². The maximum absolute atomic E-state index is 12.7. The van der Waals surface area contributed by atoms with Crippen molar-refractivity contribution in [3.8, 4) is 5.75 Å². The van der Waals surface area contributed by atoms with E-state index < -0.39 is 18.0 Å². The zero-order chi connectivity index (χ0) is 23.5. The molecule has 0 aromatic heterocycles. The van der Waals surface area contributed by atoms with Gasteiger partial charge in [-0.05, 0) is 48.9 Å². The van der Waals surface area contributed by atoms with Crippen molar-refractivity contribution in [2.45, 2.75) is 13.1 Å². The minimum absolute atomic E-state index is 0.0900. The molecule has 172 valence electrons. The normalized spacial score (nSPS) is 14.3. The molecule has 2 aromatic rings. The lowest BCUT2D eigenvalue weighted by atomic mass is 10.2.